The molecule has 0 amide bonds. The van der Waals surface area contributed by atoms with Crippen LogP contribution in [0.25, 0.3) is 0 Å². The monoisotopic (exact) mass is 275 g/mol. The van der Waals surface area contributed by atoms with Gasteiger partial charge in [0.25, 0.3) is 0 Å². The summed E-state index contributed by atoms with van der Waals surface area (Å²) in [5, 5.41) is 14.0. The van der Waals surface area contributed by atoms with Crippen molar-refractivity contribution in [3.05, 3.63) is 29.8 Å². The van der Waals surface area contributed by atoms with Crippen LogP contribution in [0.5, 0.6) is 5.75 Å². The molecule has 1 atom stereocenters. The van der Waals surface area contributed by atoms with E-state index in [9.17, 15) is 5.11 Å². The third-order valence-corrected chi connectivity index (χ3v) is 4.85. The first kappa shape index (κ1) is 13.9. The molecule has 2 N–H and O–H groups in total. The molecule has 3 nitrogen and oxygen atoms in total. The van der Waals surface area contributed by atoms with E-state index in [4.69, 9.17) is 4.74 Å². The molecular formula is C17H25NO2. The lowest BCUT2D eigenvalue weighted by molar-refractivity contribution is -0.00624. The number of rotatable bonds is 4. The minimum Gasteiger partial charge on any atom is -0.493 e. The minimum atomic E-state index is -0.495. The van der Waals surface area contributed by atoms with Crippen LogP contribution in [-0.2, 0) is 0 Å². The number of aliphatic hydroxyl groups is 1. The third-order valence-electron chi connectivity index (χ3n) is 4.85. The average Bonchev–Trinajstić information content (AvgIpc) is 2.86. The predicted octanol–water partition coefficient (Wildman–Crippen LogP) is 2.69. The van der Waals surface area contributed by atoms with Crippen LogP contribution in [0.1, 0.15) is 44.1 Å². The summed E-state index contributed by atoms with van der Waals surface area (Å²) in [4.78, 5) is 0. The van der Waals surface area contributed by atoms with Crippen LogP contribution in [0.2, 0.25) is 0 Å². The second kappa shape index (κ2) is 5.74. The maximum atomic E-state index is 10.6. The lowest BCUT2D eigenvalue weighted by Crippen LogP contribution is -2.44. The van der Waals surface area contributed by atoms with E-state index < -0.39 is 5.60 Å². The fourth-order valence-electron chi connectivity index (χ4n) is 3.35. The number of benzene rings is 1. The van der Waals surface area contributed by atoms with Crippen molar-refractivity contribution in [1.82, 2.24) is 5.32 Å². The van der Waals surface area contributed by atoms with Gasteiger partial charge in [-0.25, -0.2) is 0 Å². The van der Waals surface area contributed by atoms with Crippen LogP contribution < -0.4 is 10.1 Å². The fourth-order valence-corrected chi connectivity index (χ4v) is 3.35. The van der Waals surface area contributed by atoms with Crippen LogP contribution in [0.4, 0.5) is 0 Å². The van der Waals surface area contributed by atoms with Crippen LogP contribution in [0.15, 0.2) is 24.3 Å². The number of para-hydroxylation sites is 1. The number of ether oxygens (including phenoxy) is 1. The first-order chi connectivity index (χ1) is 9.66. The first-order valence-electron chi connectivity index (χ1n) is 7.81. The quantitative estimate of drug-likeness (QED) is 0.887. The van der Waals surface area contributed by atoms with E-state index >= 15 is 0 Å². The molecule has 0 saturated heterocycles. The maximum absolute atomic E-state index is 10.6. The second-order valence-corrected chi connectivity index (χ2v) is 6.58. The van der Waals surface area contributed by atoms with Crippen LogP contribution in [0, 0.1) is 5.92 Å². The topological polar surface area (TPSA) is 41.5 Å². The molecule has 1 fully saturated rings. The standard InChI is InChI=1S/C17H25NO2/c1-13-6-8-17(19,9-7-13)12-18-10-14-11-20-16-5-3-2-4-15(14)16/h2-5,13-14,18-19H,6-12H2,1H3. The average molecular weight is 275 g/mol. The fraction of sp³-hybridized carbons (Fsp3) is 0.647. The lowest BCUT2D eigenvalue weighted by atomic mass is 9.79. The van der Waals surface area contributed by atoms with Crippen LogP contribution in [-0.4, -0.2) is 30.4 Å². The molecular weight excluding hydrogens is 250 g/mol. The van der Waals surface area contributed by atoms with Crippen molar-refractivity contribution in [2.75, 3.05) is 19.7 Å². The van der Waals surface area contributed by atoms with E-state index in [1.54, 1.807) is 0 Å². The highest BCUT2D eigenvalue weighted by molar-refractivity contribution is 5.39. The Hall–Kier alpha value is -1.06. The zero-order valence-corrected chi connectivity index (χ0v) is 12.3. The summed E-state index contributed by atoms with van der Waals surface area (Å²) in [5.41, 5.74) is 0.801. The zero-order valence-electron chi connectivity index (χ0n) is 12.3. The molecule has 0 aromatic heterocycles. The summed E-state index contributed by atoms with van der Waals surface area (Å²) in [6, 6.07) is 8.26. The molecule has 0 radical (unpaired) electrons. The molecule has 1 aromatic rings. The Morgan fingerprint density at radius 1 is 1.30 bits per heavy atom. The zero-order chi connectivity index (χ0) is 14.0. The molecule has 1 aliphatic heterocycles. The highest BCUT2D eigenvalue weighted by Gasteiger charge is 2.32. The van der Waals surface area contributed by atoms with Crippen molar-refractivity contribution in [1.29, 1.82) is 0 Å². The van der Waals surface area contributed by atoms with Crippen molar-refractivity contribution in [2.45, 2.75) is 44.1 Å². The summed E-state index contributed by atoms with van der Waals surface area (Å²) < 4.78 is 5.69. The van der Waals surface area contributed by atoms with Gasteiger partial charge in [-0.05, 0) is 37.7 Å². The molecule has 1 aliphatic carbocycles. The van der Waals surface area contributed by atoms with E-state index in [1.165, 1.54) is 5.56 Å². The molecule has 0 bridgehead atoms. The third kappa shape index (κ3) is 2.99. The molecule has 1 saturated carbocycles. The first-order valence-corrected chi connectivity index (χ1v) is 7.81. The number of hydrogen-bond acceptors (Lipinski definition) is 3. The smallest absolute Gasteiger partial charge is 0.122 e. The second-order valence-electron chi connectivity index (χ2n) is 6.58. The van der Waals surface area contributed by atoms with Gasteiger partial charge in [-0.1, -0.05) is 25.1 Å². The van der Waals surface area contributed by atoms with Gasteiger partial charge in [0.1, 0.15) is 5.75 Å². The number of fused-ring (bicyclic) bond motifs is 1. The Kier molecular flexibility index (Phi) is 3.99. The molecule has 110 valence electrons. The van der Waals surface area contributed by atoms with Gasteiger partial charge in [0.15, 0.2) is 0 Å². The predicted molar refractivity (Wildman–Crippen MR) is 80.1 cm³/mol. The van der Waals surface area contributed by atoms with Gasteiger partial charge in [-0.15, -0.1) is 0 Å². The molecule has 2 aliphatic rings. The Morgan fingerprint density at radius 2 is 2.05 bits per heavy atom. The maximum Gasteiger partial charge on any atom is 0.122 e. The molecule has 1 unspecified atom stereocenters. The molecule has 3 heteroatoms. The van der Waals surface area contributed by atoms with Crippen molar-refractivity contribution in [3.8, 4) is 5.75 Å². The van der Waals surface area contributed by atoms with Gasteiger partial charge in [-0.2, -0.15) is 0 Å². The molecule has 0 spiro atoms. The minimum absolute atomic E-state index is 0.414. The Labute approximate surface area is 121 Å². The summed E-state index contributed by atoms with van der Waals surface area (Å²) in [5.74, 6) is 2.20. The van der Waals surface area contributed by atoms with Gasteiger partial charge < -0.3 is 15.2 Å². The molecule has 3 rings (SSSR count). The van der Waals surface area contributed by atoms with Gasteiger partial charge in [0, 0.05) is 24.6 Å². The van der Waals surface area contributed by atoms with Gasteiger partial charge in [0.2, 0.25) is 0 Å². The van der Waals surface area contributed by atoms with E-state index in [-0.39, 0.29) is 0 Å². The van der Waals surface area contributed by atoms with Crippen LogP contribution in [0.3, 0.4) is 0 Å². The molecule has 1 heterocycles. The van der Waals surface area contributed by atoms with E-state index in [2.05, 4.69) is 24.4 Å². The lowest BCUT2D eigenvalue weighted by Gasteiger charge is -2.35. The van der Waals surface area contributed by atoms with Crippen molar-refractivity contribution in [2.24, 2.45) is 5.92 Å². The van der Waals surface area contributed by atoms with Crippen molar-refractivity contribution in [3.63, 3.8) is 0 Å². The number of nitrogens with one attached hydrogen (secondary N) is 1. The van der Waals surface area contributed by atoms with E-state index in [0.717, 1.165) is 50.5 Å². The van der Waals surface area contributed by atoms with Crippen LogP contribution >= 0.6 is 0 Å². The molecule has 20 heavy (non-hydrogen) atoms. The highest BCUT2D eigenvalue weighted by Crippen LogP contribution is 2.34. The Morgan fingerprint density at radius 3 is 2.85 bits per heavy atom. The van der Waals surface area contributed by atoms with Gasteiger partial charge in [0.05, 0.1) is 12.2 Å². The van der Waals surface area contributed by atoms with E-state index in [1.807, 2.05) is 12.1 Å². The van der Waals surface area contributed by atoms with Gasteiger partial charge in [-0.3, -0.25) is 0 Å². The summed E-state index contributed by atoms with van der Waals surface area (Å²) in [6.45, 7) is 4.62. The van der Waals surface area contributed by atoms with Crippen molar-refractivity contribution < 1.29 is 9.84 Å². The number of hydrogen-bond donors (Lipinski definition) is 2. The SMILES string of the molecule is CC1CCC(O)(CNCC2COc3ccccc32)CC1. The summed E-state index contributed by atoms with van der Waals surface area (Å²) >= 11 is 0. The largest absolute Gasteiger partial charge is 0.493 e. The normalized spacial score (nSPS) is 32.7. The molecule has 1 aromatic carbocycles. The van der Waals surface area contributed by atoms with E-state index in [0.29, 0.717) is 12.5 Å². The Bertz CT molecular complexity index is 452. The van der Waals surface area contributed by atoms with Gasteiger partial charge >= 0.3 is 0 Å². The Balaban J connectivity index is 1.49. The summed E-state index contributed by atoms with van der Waals surface area (Å²) in [6.07, 6.45) is 4.15. The highest BCUT2D eigenvalue weighted by atomic mass is 16.5. The van der Waals surface area contributed by atoms with Crippen molar-refractivity contribution >= 4 is 0 Å². The summed E-state index contributed by atoms with van der Waals surface area (Å²) in [7, 11) is 0.